The molecular formula is C76H140N2O33. The molecule has 0 aromatic carbocycles. The molecule has 5 fully saturated rings. The lowest BCUT2D eigenvalue weighted by molar-refractivity contribution is -0.393. The highest BCUT2D eigenvalue weighted by Gasteiger charge is 2.62. The average Bonchev–Trinajstić information content (AvgIpc) is 1.52. The minimum atomic E-state index is -3.43. The molecule has 0 radical (unpaired) electrons. The van der Waals surface area contributed by atoms with Gasteiger partial charge in [-0.05, 0) is 12.8 Å². The van der Waals surface area contributed by atoms with E-state index in [1.807, 2.05) is 0 Å². The van der Waals surface area contributed by atoms with Gasteiger partial charge in [-0.2, -0.15) is 0 Å². The Hall–Kier alpha value is -2.75. The number of amides is 2. The molecule has 0 aromatic rings. The highest BCUT2D eigenvalue weighted by atomic mass is 16.8. The second-order valence-electron chi connectivity index (χ2n) is 30.9. The molecule has 0 bridgehead atoms. The third-order valence-corrected chi connectivity index (χ3v) is 22.0. The van der Waals surface area contributed by atoms with E-state index in [1.165, 1.54) is 122 Å². The molecule has 5 aliphatic rings. The normalized spacial score (nSPS) is 33.9. The van der Waals surface area contributed by atoms with Crippen LogP contribution in [0.3, 0.4) is 0 Å². The SMILES string of the molecule is CCCCCCCCCCCCCCCCCCCCCC[C@@H](O)C(=O)N[C@@H](CO[C@@H]1OC(CO)[C@@H](O[C@@H]2OC(CO)[C@H](O)C(O[C@]3(C(=O)O)CC(O[C@@H]4OC(CO)[C@H](O)C(O[C@@H]5O[C@@H](C(O)CO)C(O)C5O)C4O)[C@@H](NC(C)=O)C(C(O)C(O)CO)O3)C2O)C(O)C1O)[C@H](O)[C@H](O)CCCCCCCCCCCCC. The van der Waals surface area contributed by atoms with Crippen molar-refractivity contribution in [2.45, 2.75) is 423 Å². The van der Waals surface area contributed by atoms with Gasteiger partial charge in [-0.15, -0.1) is 0 Å². The van der Waals surface area contributed by atoms with E-state index in [0.29, 0.717) is 12.8 Å². The number of unbranched alkanes of at least 4 members (excludes halogenated alkanes) is 29. The first kappa shape index (κ1) is 98.8. The van der Waals surface area contributed by atoms with Gasteiger partial charge in [-0.25, -0.2) is 4.79 Å². The number of nitrogens with one attached hydrogen (secondary N) is 2. The lowest BCUT2D eigenvalue weighted by atomic mass is 9.87. The van der Waals surface area contributed by atoms with Crippen molar-refractivity contribution in [2.75, 3.05) is 39.6 Å². The third-order valence-electron chi connectivity index (χ3n) is 22.0. The molecule has 5 aliphatic heterocycles. The van der Waals surface area contributed by atoms with Crippen molar-refractivity contribution < 1.29 is 164 Å². The van der Waals surface area contributed by atoms with Crippen LogP contribution in [-0.4, -0.2) is 343 Å². The largest absolute Gasteiger partial charge is 0.477 e. The van der Waals surface area contributed by atoms with E-state index in [9.17, 15) is 117 Å². The zero-order valence-corrected chi connectivity index (χ0v) is 65.3. The summed E-state index contributed by atoms with van der Waals surface area (Å²) in [7, 11) is 0. The van der Waals surface area contributed by atoms with Crippen LogP contribution in [0.15, 0.2) is 0 Å². The van der Waals surface area contributed by atoms with Crippen LogP contribution < -0.4 is 10.6 Å². The van der Waals surface area contributed by atoms with E-state index in [-0.39, 0.29) is 12.8 Å². The molecule has 0 saturated carbocycles. The van der Waals surface area contributed by atoms with Crippen LogP contribution in [0.1, 0.15) is 239 Å². The standard InChI is InChI=1S/C76H140N2O33/c1-4-6-8-10-12-14-16-17-18-19-20-21-22-23-24-26-28-30-32-34-36-47(86)70(99)78-45(55(89)46(85)35-33-31-29-27-25-15-13-11-9-7-5-2)43-102-71-61(95)60(94)66(53(42-83)106-71)108-74-64(98)69(58(92)52(41-82)105-74)111-76(75(100)101)37-50(54(77-44(3)84)67(110-76)56(90)48(87)38-79)103-73-63(97)68(57(91)51(40-81)104-73)109-72-62(96)59(93)65(107-72)49(88)39-80/h45-69,71-74,79-83,85-98H,4-43H2,1-3H3,(H,77,84)(H,78,99)(H,100,101)/t45-,46+,47+,48?,49?,50?,51?,52?,53?,54+,55-,56?,57-,58-,59?,60?,61?,62?,63?,64?,65-,66+,67?,68?,69?,71+,72-,73+,74-,76-/m0/s1. The number of hydrogen-bond donors (Lipinski definition) is 22. The lowest BCUT2D eigenvalue weighted by Crippen LogP contribution is -2.72. The lowest BCUT2D eigenvalue weighted by Gasteiger charge is -2.52. The zero-order chi connectivity index (χ0) is 81.7. The van der Waals surface area contributed by atoms with Crippen LogP contribution in [0, 0.1) is 0 Å². The molecule has 2 amide bonds. The predicted octanol–water partition coefficient (Wildman–Crippen LogP) is -1.07. The molecule has 35 heteroatoms. The van der Waals surface area contributed by atoms with Crippen LogP contribution in [0.4, 0.5) is 0 Å². The number of ether oxygens (including phenoxy) is 10. The number of carbonyl (C=O) groups excluding carboxylic acids is 2. The maximum Gasteiger partial charge on any atom is 0.364 e. The first-order valence-electron chi connectivity index (χ1n) is 41.1. The van der Waals surface area contributed by atoms with Crippen molar-refractivity contribution in [1.29, 1.82) is 0 Å². The van der Waals surface area contributed by atoms with Crippen molar-refractivity contribution in [3.05, 3.63) is 0 Å². The highest BCUT2D eigenvalue weighted by molar-refractivity contribution is 5.80. The summed E-state index contributed by atoms with van der Waals surface area (Å²) < 4.78 is 58.3. The molecular weight excluding hydrogens is 1470 g/mol. The quantitative estimate of drug-likeness (QED) is 0.0322. The first-order valence-corrected chi connectivity index (χ1v) is 41.1. The van der Waals surface area contributed by atoms with Crippen LogP contribution in [-0.2, 0) is 61.8 Å². The maximum absolute atomic E-state index is 13.9. The minimum Gasteiger partial charge on any atom is -0.477 e. The second-order valence-corrected chi connectivity index (χ2v) is 30.9. The molecule has 22 N–H and O–H groups in total. The van der Waals surface area contributed by atoms with E-state index < -0.39 is 247 Å². The molecule has 0 aromatic heterocycles. The summed E-state index contributed by atoms with van der Waals surface area (Å²) in [5, 5.41) is 226. The number of aliphatic carboxylic acids is 1. The fourth-order valence-electron chi connectivity index (χ4n) is 15.1. The summed E-state index contributed by atoms with van der Waals surface area (Å²) in [4.78, 5) is 40.6. The molecule has 111 heavy (non-hydrogen) atoms. The van der Waals surface area contributed by atoms with Crippen LogP contribution in [0.25, 0.3) is 0 Å². The fourth-order valence-corrected chi connectivity index (χ4v) is 15.1. The Labute approximate surface area is 652 Å². The Balaban J connectivity index is 1.27. The van der Waals surface area contributed by atoms with E-state index >= 15 is 0 Å². The Morgan fingerprint density at radius 2 is 0.874 bits per heavy atom. The summed E-state index contributed by atoms with van der Waals surface area (Å²) in [6.45, 7) is -0.908. The smallest absolute Gasteiger partial charge is 0.364 e. The van der Waals surface area contributed by atoms with Gasteiger partial charge in [0.25, 0.3) is 5.79 Å². The molecule has 35 nitrogen and oxygen atoms in total. The number of aliphatic hydroxyl groups is 19. The molecule has 16 unspecified atom stereocenters. The predicted molar refractivity (Wildman–Crippen MR) is 393 cm³/mol. The summed E-state index contributed by atoms with van der Waals surface area (Å²) in [6, 6.07) is -3.37. The molecule has 0 spiro atoms. The zero-order valence-electron chi connectivity index (χ0n) is 65.3. The molecule has 5 heterocycles. The summed E-state index contributed by atoms with van der Waals surface area (Å²) >= 11 is 0. The van der Waals surface area contributed by atoms with Crippen molar-refractivity contribution in [3.63, 3.8) is 0 Å². The number of rotatable bonds is 58. The van der Waals surface area contributed by atoms with Gasteiger partial charge in [0.15, 0.2) is 25.2 Å². The van der Waals surface area contributed by atoms with Crippen molar-refractivity contribution in [2.24, 2.45) is 0 Å². The van der Waals surface area contributed by atoms with E-state index in [4.69, 9.17) is 47.4 Å². The average molecular weight is 1610 g/mol. The van der Waals surface area contributed by atoms with Crippen LogP contribution in [0.5, 0.6) is 0 Å². The van der Waals surface area contributed by atoms with Gasteiger partial charge in [0.1, 0.15) is 128 Å². The van der Waals surface area contributed by atoms with E-state index in [1.54, 1.807) is 0 Å². The van der Waals surface area contributed by atoms with Gasteiger partial charge >= 0.3 is 5.97 Å². The number of carboxylic acids is 1. The molecule has 5 saturated heterocycles. The van der Waals surface area contributed by atoms with E-state index in [0.717, 1.165) is 71.1 Å². The Morgan fingerprint density at radius 1 is 0.450 bits per heavy atom. The molecule has 0 aliphatic carbocycles. The molecule has 30 atom stereocenters. The maximum atomic E-state index is 13.9. The van der Waals surface area contributed by atoms with Gasteiger partial charge in [-0.1, -0.05) is 213 Å². The van der Waals surface area contributed by atoms with Crippen molar-refractivity contribution in [1.82, 2.24) is 10.6 Å². The molecule has 5 rings (SSSR count). The van der Waals surface area contributed by atoms with Crippen LogP contribution >= 0.6 is 0 Å². The number of carboxylic acid groups (broad SMARTS) is 1. The fraction of sp³-hybridized carbons (Fsp3) is 0.961. The number of carbonyl (C=O) groups is 3. The Morgan fingerprint density at radius 3 is 1.33 bits per heavy atom. The Bertz CT molecular complexity index is 2490. The second kappa shape index (κ2) is 52.9. The van der Waals surface area contributed by atoms with Crippen LogP contribution in [0.2, 0.25) is 0 Å². The summed E-state index contributed by atoms with van der Waals surface area (Å²) in [5.74, 6) is -7.46. The van der Waals surface area contributed by atoms with E-state index in [2.05, 4.69) is 24.5 Å². The van der Waals surface area contributed by atoms with Gasteiger partial charge in [0.2, 0.25) is 11.8 Å². The monoisotopic (exact) mass is 1610 g/mol. The third kappa shape index (κ3) is 30.8. The first-order chi connectivity index (χ1) is 53.2. The van der Waals surface area contributed by atoms with Crippen molar-refractivity contribution >= 4 is 17.8 Å². The van der Waals surface area contributed by atoms with Gasteiger partial charge < -0.3 is 160 Å². The number of hydrogen-bond acceptors (Lipinski definition) is 32. The van der Waals surface area contributed by atoms with Gasteiger partial charge in [0.05, 0.1) is 63.9 Å². The highest BCUT2D eigenvalue weighted by Crippen LogP contribution is 2.42. The number of aliphatic hydroxyl groups excluding tert-OH is 19. The topological polar surface area (TPSA) is 572 Å². The van der Waals surface area contributed by atoms with Crippen molar-refractivity contribution in [3.8, 4) is 0 Å². The van der Waals surface area contributed by atoms with Gasteiger partial charge in [-0.3, -0.25) is 9.59 Å². The Kier molecular flexibility index (Phi) is 47.1. The summed E-state index contributed by atoms with van der Waals surface area (Å²) in [5.41, 5.74) is 0. The summed E-state index contributed by atoms with van der Waals surface area (Å²) in [6.07, 6.45) is -21.1. The minimum absolute atomic E-state index is 0.0873. The molecule has 652 valence electrons. The van der Waals surface area contributed by atoms with Gasteiger partial charge in [0, 0.05) is 13.3 Å².